The standard InChI is InChI=1S/C11H9NOS/c13-7-8-3-4-10-9(6-8)12-5-1-2-11(12)14-10/h1-6,13H,7H2. The van der Waals surface area contributed by atoms with Crippen LogP contribution in [0.15, 0.2) is 36.5 Å². The van der Waals surface area contributed by atoms with E-state index >= 15 is 0 Å². The molecule has 0 aliphatic rings. The van der Waals surface area contributed by atoms with Crippen molar-refractivity contribution in [2.45, 2.75) is 6.61 Å². The Balaban J connectivity index is 2.46. The van der Waals surface area contributed by atoms with Crippen molar-refractivity contribution in [2.75, 3.05) is 0 Å². The summed E-state index contributed by atoms with van der Waals surface area (Å²) in [6.45, 7) is 0.106. The summed E-state index contributed by atoms with van der Waals surface area (Å²) >= 11 is 1.77. The van der Waals surface area contributed by atoms with Crippen molar-refractivity contribution in [1.29, 1.82) is 0 Å². The van der Waals surface area contributed by atoms with E-state index in [1.165, 1.54) is 15.0 Å². The first-order valence-corrected chi connectivity index (χ1v) is 5.29. The van der Waals surface area contributed by atoms with Crippen molar-refractivity contribution in [3.05, 3.63) is 42.1 Å². The molecule has 3 rings (SSSR count). The lowest BCUT2D eigenvalue weighted by Crippen LogP contribution is -1.83. The average molecular weight is 203 g/mol. The molecule has 0 saturated heterocycles. The van der Waals surface area contributed by atoms with E-state index in [2.05, 4.69) is 22.7 Å². The van der Waals surface area contributed by atoms with Crippen molar-refractivity contribution >= 4 is 26.4 Å². The number of fused-ring (bicyclic) bond motifs is 3. The number of aromatic nitrogens is 1. The van der Waals surface area contributed by atoms with E-state index in [1.54, 1.807) is 11.3 Å². The molecule has 0 saturated carbocycles. The van der Waals surface area contributed by atoms with Gasteiger partial charge in [0.2, 0.25) is 0 Å². The molecule has 0 aliphatic heterocycles. The summed E-state index contributed by atoms with van der Waals surface area (Å²) in [6.07, 6.45) is 2.05. The second-order valence-corrected chi connectivity index (χ2v) is 4.34. The molecule has 14 heavy (non-hydrogen) atoms. The molecule has 1 N–H and O–H groups in total. The van der Waals surface area contributed by atoms with E-state index in [9.17, 15) is 0 Å². The lowest BCUT2D eigenvalue weighted by atomic mass is 10.2. The highest BCUT2D eigenvalue weighted by Crippen LogP contribution is 2.27. The normalized spacial score (nSPS) is 11.5. The maximum Gasteiger partial charge on any atom is 0.100 e. The summed E-state index contributed by atoms with van der Waals surface area (Å²) in [5.41, 5.74) is 2.15. The van der Waals surface area contributed by atoms with Gasteiger partial charge in [-0.3, -0.25) is 0 Å². The zero-order valence-electron chi connectivity index (χ0n) is 7.47. The van der Waals surface area contributed by atoms with Gasteiger partial charge in [-0.15, -0.1) is 11.3 Å². The van der Waals surface area contributed by atoms with Crippen LogP contribution in [0.25, 0.3) is 15.0 Å². The van der Waals surface area contributed by atoms with E-state index in [1.807, 2.05) is 18.2 Å². The molecule has 70 valence electrons. The molecular formula is C11H9NOS. The van der Waals surface area contributed by atoms with Gasteiger partial charge in [0.25, 0.3) is 0 Å². The molecule has 0 bridgehead atoms. The fraction of sp³-hybridized carbons (Fsp3) is 0.0909. The molecule has 0 unspecified atom stereocenters. The van der Waals surface area contributed by atoms with Crippen LogP contribution in [0, 0.1) is 0 Å². The maximum absolute atomic E-state index is 9.05. The Labute approximate surface area is 85.0 Å². The minimum absolute atomic E-state index is 0.106. The Bertz CT molecular complexity index is 593. The van der Waals surface area contributed by atoms with Gasteiger partial charge < -0.3 is 9.51 Å². The van der Waals surface area contributed by atoms with Crippen LogP contribution in [-0.4, -0.2) is 9.51 Å². The zero-order chi connectivity index (χ0) is 9.54. The van der Waals surface area contributed by atoms with Crippen LogP contribution in [0.1, 0.15) is 5.56 Å². The predicted octanol–water partition coefficient (Wildman–Crippen LogP) is 2.65. The van der Waals surface area contributed by atoms with Gasteiger partial charge >= 0.3 is 0 Å². The highest BCUT2D eigenvalue weighted by atomic mass is 32.1. The summed E-state index contributed by atoms with van der Waals surface area (Å²) < 4.78 is 3.41. The molecule has 0 amide bonds. The lowest BCUT2D eigenvalue weighted by molar-refractivity contribution is 0.282. The van der Waals surface area contributed by atoms with Crippen LogP contribution >= 0.6 is 11.3 Å². The summed E-state index contributed by atoms with van der Waals surface area (Å²) in [7, 11) is 0. The van der Waals surface area contributed by atoms with Crippen LogP contribution in [0.3, 0.4) is 0 Å². The van der Waals surface area contributed by atoms with Crippen LogP contribution in [0.2, 0.25) is 0 Å². The topological polar surface area (TPSA) is 24.6 Å². The fourth-order valence-electron chi connectivity index (χ4n) is 1.70. The van der Waals surface area contributed by atoms with Gasteiger partial charge in [-0.05, 0) is 29.8 Å². The van der Waals surface area contributed by atoms with Crippen molar-refractivity contribution in [3.63, 3.8) is 0 Å². The highest BCUT2D eigenvalue weighted by molar-refractivity contribution is 7.23. The Morgan fingerprint density at radius 1 is 1.29 bits per heavy atom. The first-order chi connectivity index (χ1) is 6.88. The number of nitrogens with zero attached hydrogens (tertiary/aromatic N) is 1. The SMILES string of the molecule is OCc1ccc2sc3cccn3c2c1. The van der Waals surface area contributed by atoms with Gasteiger partial charge in [0.05, 0.1) is 16.8 Å². The number of rotatable bonds is 1. The Kier molecular flexibility index (Phi) is 1.63. The number of aliphatic hydroxyl groups excluding tert-OH is 1. The van der Waals surface area contributed by atoms with Crippen molar-refractivity contribution < 1.29 is 5.11 Å². The molecule has 0 fully saturated rings. The van der Waals surface area contributed by atoms with Crippen molar-refractivity contribution in [1.82, 2.24) is 4.40 Å². The summed E-state index contributed by atoms with van der Waals surface area (Å²) in [5.74, 6) is 0. The Hall–Kier alpha value is -1.32. The summed E-state index contributed by atoms with van der Waals surface area (Å²) in [4.78, 5) is 1.25. The number of hydrogen-bond donors (Lipinski definition) is 1. The Morgan fingerprint density at radius 2 is 2.21 bits per heavy atom. The molecule has 2 nitrogen and oxygen atoms in total. The third-order valence-corrected chi connectivity index (χ3v) is 3.50. The predicted molar refractivity (Wildman–Crippen MR) is 58.7 cm³/mol. The molecule has 0 aliphatic carbocycles. The third kappa shape index (κ3) is 0.997. The lowest BCUT2D eigenvalue weighted by Gasteiger charge is -1.96. The van der Waals surface area contributed by atoms with Gasteiger partial charge in [0.1, 0.15) is 4.83 Å². The quantitative estimate of drug-likeness (QED) is 0.646. The summed E-state index contributed by atoms with van der Waals surface area (Å²) in [5, 5.41) is 9.05. The van der Waals surface area contributed by atoms with Crippen LogP contribution in [0.4, 0.5) is 0 Å². The molecule has 0 atom stereocenters. The van der Waals surface area contributed by atoms with Gasteiger partial charge in [-0.1, -0.05) is 6.07 Å². The van der Waals surface area contributed by atoms with Crippen LogP contribution in [-0.2, 0) is 6.61 Å². The fourth-order valence-corrected chi connectivity index (χ4v) is 2.72. The van der Waals surface area contributed by atoms with Crippen molar-refractivity contribution in [3.8, 4) is 0 Å². The van der Waals surface area contributed by atoms with Gasteiger partial charge in [0.15, 0.2) is 0 Å². The van der Waals surface area contributed by atoms with E-state index in [0.717, 1.165) is 5.56 Å². The molecule has 3 heteroatoms. The smallest absolute Gasteiger partial charge is 0.100 e. The molecule has 1 aromatic carbocycles. The molecular weight excluding hydrogens is 194 g/mol. The minimum Gasteiger partial charge on any atom is -0.392 e. The first kappa shape index (κ1) is 8.03. The van der Waals surface area contributed by atoms with Gasteiger partial charge in [0, 0.05) is 6.20 Å². The maximum atomic E-state index is 9.05. The van der Waals surface area contributed by atoms with Gasteiger partial charge in [-0.2, -0.15) is 0 Å². The van der Waals surface area contributed by atoms with E-state index in [0.29, 0.717) is 0 Å². The van der Waals surface area contributed by atoms with E-state index in [-0.39, 0.29) is 6.61 Å². The average Bonchev–Trinajstić information content (AvgIpc) is 2.76. The summed E-state index contributed by atoms with van der Waals surface area (Å²) in [6, 6.07) is 10.2. The highest BCUT2D eigenvalue weighted by Gasteiger charge is 2.03. The molecule has 2 heterocycles. The molecule has 0 spiro atoms. The van der Waals surface area contributed by atoms with Crippen molar-refractivity contribution in [2.24, 2.45) is 0 Å². The molecule has 2 aromatic heterocycles. The van der Waals surface area contributed by atoms with E-state index in [4.69, 9.17) is 5.11 Å². The minimum atomic E-state index is 0.106. The van der Waals surface area contributed by atoms with E-state index < -0.39 is 0 Å². The first-order valence-electron chi connectivity index (χ1n) is 4.48. The second-order valence-electron chi connectivity index (χ2n) is 3.28. The largest absolute Gasteiger partial charge is 0.392 e. The second kappa shape index (κ2) is 2.83. The van der Waals surface area contributed by atoms with Crippen LogP contribution in [0.5, 0.6) is 0 Å². The Morgan fingerprint density at radius 3 is 3.07 bits per heavy atom. The monoisotopic (exact) mass is 203 g/mol. The number of hydrogen-bond acceptors (Lipinski definition) is 2. The number of benzene rings is 1. The third-order valence-electron chi connectivity index (χ3n) is 2.39. The number of thiazole rings is 1. The number of aliphatic hydroxyl groups is 1. The van der Waals surface area contributed by atoms with Crippen LogP contribution < -0.4 is 0 Å². The molecule has 0 radical (unpaired) electrons. The molecule has 3 aromatic rings. The van der Waals surface area contributed by atoms with Gasteiger partial charge in [-0.25, -0.2) is 0 Å². The zero-order valence-corrected chi connectivity index (χ0v) is 8.29.